The number of carbonyl (C=O) groups excluding carboxylic acids is 1. The van der Waals surface area contributed by atoms with Crippen LogP contribution in [0.4, 0.5) is 22.0 Å². The zero-order chi connectivity index (χ0) is 13.4. The molecule has 0 fully saturated rings. The second-order valence-electron chi connectivity index (χ2n) is 4.19. The number of hydrogen-bond donors (Lipinski definition) is 0. The Hall–Kier alpha value is -1.14. The van der Waals surface area contributed by atoms with Gasteiger partial charge in [0.25, 0.3) is 0 Å². The third kappa shape index (κ3) is 3.18. The maximum absolute atomic E-state index is 12.4. The summed E-state index contributed by atoms with van der Waals surface area (Å²) in [7, 11) is 0. The monoisotopic (exact) mass is 245 g/mol. The van der Waals surface area contributed by atoms with Gasteiger partial charge in [-0.1, -0.05) is 20.8 Å². The van der Waals surface area contributed by atoms with Gasteiger partial charge < -0.3 is 5.11 Å². The molecule has 0 aliphatic heterocycles. The lowest BCUT2D eigenvalue weighted by molar-refractivity contribution is -0.323. The van der Waals surface area contributed by atoms with Crippen LogP contribution in [0.1, 0.15) is 20.8 Å². The number of hydrogen-bond acceptors (Lipinski definition) is 2. The average Bonchev–Trinajstić information content (AvgIpc) is 1.99. The van der Waals surface area contributed by atoms with Gasteiger partial charge in [0.1, 0.15) is 0 Å². The lowest BCUT2D eigenvalue weighted by Gasteiger charge is -2.28. The summed E-state index contributed by atoms with van der Waals surface area (Å²) in [6, 6.07) is 0. The number of rotatable bonds is 2. The van der Waals surface area contributed by atoms with Crippen LogP contribution in [0, 0.1) is 5.41 Å². The SMILES string of the molecule is CC(C)(C)/C([O-])=C/C(=O)C(F)(F)C(F)(F)F. The molecule has 0 rings (SSSR count). The van der Waals surface area contributed by atoms with Crippen molar-refractivity contribution in [1.82, 2.24) is 0 Å². The molecule has 0 N–H and O–H groups in total. The summed E-state index contributed by atoms with van der Waals surface area (Å²) in [6.45, 7) is 3.89. The summed E-state index contributed by atoms with van der Waals surface area (Å²) in [6.07, 6.45) is -6.19. The molecular weight excluding hydrogens is 235 g/mol. The van der Waals surface area contributed by atoms with E-state index < -0.39 is 29.1 Å². The molecule has 0 aromatic carbocycles. The normalized spacial score (nSPS) is 15.1. The van der Waals surface area contributed by atoms with Gasteiger partial charge in [0.05, 0.1) is 0 Å². The molecule has 0 aliphatic carbocycles. The first kappa shape index (κ1) is 14.9. The van der Waals surface area contributed by atoms with E-state index in [-0.39, 0.29) is 6.08 Å². The van der Waals surface area contributed by atoms with Crippen LogP contribution in [0.5, 0.6) is 0 Å². The molecule has 0 saturated carbocycles. The highest BCUT2D eigenvalue weighted by molar-refractivity contribution is 5.96. The Bertz CT molecular complexity index is 309. The third-order valence-corrected chi connectivity index (χ3v) is 1.67. The highest BCUT2D eigenvalue weighted by Gasteiger charge is 2.62. The number of halogens is 5. The fourth-order valence-electron chi connectivity index (χ4n) is 0.566. The molecule has 16 heavy (non-hydrogen) atoms. The van der Waals surface area contributed by atoms with Crippen molar-refractivity contribution in [2.45, 2.75) is 32.9 Å². The lowest BCUT2D eigenvalue weighted by atomic mass is 9.92. The van der Waals surface area contributed by atoms with Crippen LogP contribution >= 0.6 is 0 Å². The fraction of sp³-hybridized carbons (Fsp3) is 0.667. The molecular formula is C9H10F5O2-. The predicted octanol–water partition coefficient (Wildman–Crippen LogP) is 2.04. The molecule has 0 atom stereocenters. The molecule has 0 aromatic heterocycles. The van der Waals surface area contributed by atoms with E-state index in [1.54, 1.807) is 0 Å². The van der Waals surface area contributed by atoms with Crippen molar-refractivity contribution in [1.29, 1.82) is 0 Å². The van der Waals surface area contributed by atoms with E-state index in [1.807, 2.05) is 0 Å². The molecule has 0 spiro atoms. The minimum Gasteiger partial charge on any atom is -0.875 e. The quantitative estimate of drug-likeness (QED) is 0.424. The van der Waals surface area contributed by atoms with E-state index in [0.29, 0.717) is 0 Å². The van der Waals surface area contributed by atoms with Crippen molar-refractivity contribution in [2.75, 3.05) is 0 Å². The first-order chi connectivity index (χ1) is 6.80. The molecule has 0 aliphatic rings. The second-order valence-corrected chi connectivity index (χ2v) is 4.19. The minimum atomic E-state index is -5.99. The van der Waals surface area contributed by atoms with Crippen LogP contribution in [0.15, 0.2) is 11.8 Å². The van der Waals surface area contributed by atoms with Gasteiger partial charge in [-0.3, -0.25) is 4.79 Å². The van der Waals surface area contributed by atoms with Crippen molar-refractivity contribution >= 4 is 5.78 Å². The zero-order valence-corrected chi connectivity index (χ0v) is 8.78. The maximum atomic E-state index is 12.4. The van der Waals surface area contributed by atoms with Crippen molar-refractivity contribution in [3.63, 3.8) is 0 Å². The smallest absolute Gasteiger partial charge is 0.461 e. The molecule has 0 unspecified atom stereocenters. The van der Waals surface area contributed by atoms with E-state index in [0.717, 1.165) is 0 Å². The molecule has 0 radical (unpaired) electrons. The van der Waals surface area contributed by atoms with Crippen LogP contribution < -0.4 is 5.11 Å². The van der Waals surface area contributed by atoms with Crippen LogP contribution in [-0.4, -0.2) is 17.9 Å². The Morgan fingerprint density at radius 1 is 1.06 bits per heavy atom. The van der Waals surface area contributed by atoms with Crippen LogP contribution in [-0.2, 0) is 4.79 Å². The highest BCUT2D eigenvalue weighted by atomic mass is 19.4. The van der Waals surface area contributed by atoms with Gasteiger partial charge in [-0.25, -0.2) is 0 Å². The standard InChI is InChI=1S/C9H11F5O2/c1-7(2,3)5(15)4-6(16)8(10,11)9(12,13)14/h4,15H,1-3H3/p-1/b5-4-. The summed E-state index contributed by atoms with van der Waals surface area (Å²) >= 11 is 0. The summed E-state index contributed by atoms with van der Waals surface area (Å²) < 4.78 is 60.0. The molecule has 7 heteroatoms. The van der Waals surface area contributed by atoms with Crippen molar-refractivity contribution in [3.8, 4) is 0 Å². The van der Waals surface area contributed by atoms with Gasteiger partial charge in [-0.05, 0) is 11.5 Å². The van der Waals surface area contributed by atoms with Crippen LogP contribution in [0.2, 0.25) is 0 Å². The predicted molar refractivity (Wildman–Crippen MR) is 43.5 cm³/mol. The summed E-state index contributed by atoms with van der Waals surface area (Å²) in [4.78, 5) is 10.6. The topological polar surface area (TPSA) is 40.1 Å². The van der Waals surface area contributed by atoms with E-state index in [4.69, 9.17) is 0 Å². The summed E-state index contributed by atoms with van der Waals surface area (Å²) in [5, 5.41) is 11.1. The van der Waals surface area contributed by atoms with Crippen LogP contribution in [0.25, 0.3) is 0 Å². The van der Waals surface area contributed by atoms with Crippen molar-refractivity contribution in [2.24, 2.45) is 5.41 Å². The molecule has 0 aromatic rings. The van der Waals surface area contributed by atoms with E-state index >= 15 is 0 Å². The Balaban J connectivity index is 5.13. The first-order valence-electron chi connectivity index (χ1n) is 4.18. The maximum Gasteiger partial charge on any atom is 0.461 e. The summed E-state index contributed by atoms with van der Waals surface area (Å²) in [5.74, 6) is -9.14. The largest absolute Gasteiger partial charge is 0.875 e. The summed E-state index contributed by atoms with van der Waals surface area (Å²) in [5.41, 5.74) is -1.18. The van der Waals surface area contributed by atoms with Gasteiger partial charge in [-0.2, -0.15) is 22.0 Å². The Morgan fingerprint density at radius 2 is 1.44 bits per heavy atom. The number of alkyl halides is 5. The molecule has 2 nitrogen and oxygen atoms in total. The van der Waals surface area contributed by atoms with Crippen LogP contribution in [0.3, 0.4) is 0 Å². The number of carbonyl (C=O) groups is 1. The van der Waals surface area contributed by atoms with Gasteiger partial charge in [0.2, 0.25) is 5.78 Å². The van der Waals surface area contributed by atoms with E-state index in [2.05, 4.69) is 0 Å². The average molecular weight is 245 g/mol. The van der Waals surface area contributed by atoms with Gasteiger partial charge in [0, 0.05) is 0 Å². The third-order valence-electron chi connectivity index (χ3n) is 1.67. The van der Waals surface area contributed by atoms with Crippen molar-refractivity contribution in [3.05, 3.63) is 11.8 Å². The number of allylic oxidation sites excluding steroid dienone is 2. The highest BCUT2D eigenvalue weighted by Crippen LogP contribution is 2.37. The molecule has 94 valence electrons. The fourth-order valence-corrected chi connectivity index (χ4v) is 0.566. The van der Waals surface area contributed by atoms with Gasteiger partial charge in [-0.15, -0.1) is 5.76 Å². The van der Waals surface area contributed by atoms with Crippen molar-refractivity contribution < 1.29 is 31.9 Å². The first-order valence-corrected chi connectivity index (χ1v) is 4.18. The van der Waals surface area contributed by atoms with E-state index in [1.165, 1.54) is 20.8 Å². The van der Waals surface area contributed by atoms with Gasteiger partial charge >= 0.3 is 12.1 Å². The van der Waals surface area contributed by atoms with Gasteiger partial charge in [0.15, 0.2) is 0 Å². The molecule has 0 amide bonds. The molecule has 0 saturated heterocycles. The van der Waals surface area contributed by atoms with E-state index in [9.17, 15) is 31.9 Å². The second kappa shape index (κ2) is 4.03. The Labute approximate surface area is 88.8 Å². The molecule has 0 bridgehead atoms. The number of ketones is 1. The lowest BCUT2D eigenvalue weighted by Crippen LogP contribution is -2.43. The molecule has 0 heterocycles. The minimum absolute atomic E-state index is 0.201. The Kier molecular flexibility index (Phi) is 3.74. The zero-order valence-electron chi connectivity index (χ0n) is 8.78. The Morgan fingerprint density at radius 3 is 1.69 bits per heavy atom.